The van der Waals surface area contributed by atoms with Crippen molar-refractivity contribution in [2.75, 3.05) is 25.5 Å². The molecule has 1 aliphatic heterocycles. The van der Waals surface area contributed by atoms with Crippen LogP contribution in [-0.2, 0) is 17.8 Å². The highest BCUT2D eigenvalue weighted by Crippen LogP contribution is 2.29. The van der Waals surface area contributed by atoms with E-state index < -0.39 is 6.10 Å². The highest BCUT2D eigenvalue weighted by molar-refractivity contribution is 5.81. The van der Waals surface area contributed by atoms with Crippen LogP contribution in [0.4, 0.5) is 5.82 Å². The molecule has 0 radical (unpaired) electrons. The van der Waals surface area contributed by atoms with Gasteiger partial charge in [-0.2, -0.15) is 0 Å². The summed E-state index contributed by atoms with van der Waals surface area (Å²) in [5.41, 5.74) is 2.02. The number of carbonyl (C=O) groups is 1. The Morgan fingerprint density at radius 2 is 2.04 bits per heavy atom. The van der Waals surface area contributed by atoms with E-state index in [9.17, 15) is 9.90 Å². The Balaban J connectivity index is 1.74. The molecule has 1 atom stereocenters. The van der Waals surface area contributed by atoms with Crippen LogP contribution in [0.3, 0.4) is 0 Å². The third-order valence-electron chi connectivity index (χ3n) is 5.06. The monoisotopic (exact) mass is 318 g/mol. The van der Waals surface area contributed by atoms with Crippen molar-refractivity contribution in [3.05, 3.63) is 17.6 Å². The first-order valence-corrected chi connectivity index (χ1v) is 8.55. The molecule has 0 bridgehead atoms. The molecular weight excluding hydrogens is 292 g/mol. The van der Waals surface area contributed by atoms with Crippen LogP contribution in [0, 0.1) is 5.92 Å². The van der Waals surface area contributed by atoms with Gasteiger partial charge in [0.05, 0.1) is 12.2 Å². The number of nitrogens with zero attached hydrogens (tertiary/aromatic N) is 4. The number of hydrogen-bond acceptors (Lipinski definition) is 5. The molecule has 1 unspecified atom stereocenters. The van der Waals surface area contributed by atoms with Crippen molar-refractivity contribution in [1.82, 2.24) is 14.9 Å². The van der Waals surface area contributed by atoms with Gasteiger partial charge in [-0.3, -0.25) is 4.79 Å². The van der Waals surface area contributed by atoms with Crippen LogP contribution in [0.5, 0.6) is 0 Å². The zero-order valence-electron chi connectivity index (χ0n) is 14.0. The molecule has 1 aromatic heterocycles. The summed E-state index contributed by atoms with van der Waals surface area (Å²) in [5.74, 6) is 0.855. The van der Waals surface area contributed by atoms with Crippen LogP contribution >= 0.6 is 0 Å². The molecule has 0 aromatic carbocycles. The first-order valence-electron chi connectivity index (χ1n) is 8.55. The van der Waals surface area contributed by atoms with Gasteiger partial charge in [0, 0.05) is 32.6 Å². The molecule has 126 valence electrons. The number of aliphatic hydroxyl groups excluding tert-OH is 1. The summed E-state index contributed by atoms with van der Waals surface area (Å²) in [6.45, 7) is 1.12. The predicted molar refractivity (Wildman–Crippen MR) is 88.1 cm³/mol. The number of carbonyl (C=O) groups excluding carboxylic acids is 1. The largest absolute Gasteiger partial charge is 0.383 e. The van der Waals surface area contributed by atoms with Crippen LogP contribution in [0.25, 0.3) is 0 Å². The van der Waals surface area contributed by atoms with E-state index in [1.54, 1.807) is 11.2 Å². The average Bonchev–Trinajstić information content (AvgIpc) is 2.60. The molecule has 6 nitrogen and oxygen atoms in total. The van der Waals surface area contributed by atoms with E-state index >= 15 is 0 Å². The quantitative estimate of drug-likeness (QED) is 0.911. The number of amides is 1. The molecular formula is C17H26N4O2. The van der Waals surface area contributed by atoms with E-state index in [2.05, 4.69) is 9.97 Å². The zero-order chi connectivity index (χ0) is 16.4. The lowest BCUT2D eigenvalue weighted by Crippen LogP contribution is -2.45. The Kier molecular flexibility index (Phi) is 4.80. The van der Waals surface area contributed by atoms with Crippen LogP contribution in [0.15, 0.2) is 6.33 Å². The maximum Gasteiger partial charge on any atom is 0.252 e. The van der Waals surface area contributed by atoms with Crippen molar-refractivity contribution in [3.63, 3.8) is 0 Å². The third kappa shape index (κ3) is 3.32. The maximum atomic E-state index is 12.7. The minimum Gasteiger partial charge on any atom is -0.383 e. The summed E-state index contributed by atoms with van der Waals surface area (Å²) in [6, 6.07) is 0. The van der Waals surface area contributed by atoms with Crippen molar-refractivity contribution >= 4 is 11.7 Å². The van der Waals surface area contributed by atoms with E-state index in [4.69, 9.17) is 0 Å². The van der Waals surface area contributed by atoms with Gasteiger partial charge in [-0.25, -0.2) is 9.97 Å². The second-order valence-electron chi connectivity index (χ2n) is 6.87. The van der Waals surface area contributed by atoms with Gasteiger partial charge in [0.2, 0.25) is 0 Å². The predicted octanol–water partition coefficient (Wildman–Crippen LogP) is 1.37. The summed E-state index contributed by atoms with van der Waals surface area (Å²) in [7, 11) is 3.89. The number of fused-ring (bicyclic) bond motifs is 1. The van der Waals surface area contributed by atoms with E-state index in [1.807, 2.05) is 19.0 Å². The van der Waals surface area contributed by atoms with Gasteiger partial charge in [0.25, 0.3) is 5.91 Å². The number of hydrogen-bond donors (Lipinski definition) is 1. The standard InChI is InChI=1S/C17H26N4O2/c1-20(2)16-13-10-21(9-8-14(13)18-11-19-16)17(23)15(22)12-6-4-3-5-7-12/h11-12,15,22H,3-10H2,1-2H3. The Hall–Kier alpha value is -1.69. The molecule has 23 heavy (non-hydrogen) atoms. The lowest BCUT2D eigenvalue weighted by atomic mass is 9.84. The fourth-order valence-corrected chi connectivity index (χ4v) is 3.74. The fourth-order valence-electron chi connectivity index (χ4n) is 3.74. The minimum atomic E-state index is -0.857. The normalized spacial score (nSPS) is 20.0. The second-order valence-corrected chi connectivity index (χ2v) is 6.87. The molecule has 1 saturated carbocycles. The molecule has 1 N–H and O–H groups in total. The molecule has 0 spiro atoms. The molecule has 2 heterocycles. The zero-order valence-corrected chi connectivity index (χ0v) is 14.0. The SMILES string of the molecule is CN(C)c1ncnc2c1CN(C(=O)C(O)C1CCCCC1)CC2. The van der Waals surface area contributed by atoms with Gasteiger partial charge in [0.15, 0.2) is 0 Å². The lowest BCUT2D eigenvalue weighted by Gasteiger charge is -2.34. The van der Waals surface area contributed by atoms with E-state index in [1.165, 1.54) is 6.42 Å². The molecule has 1 aromatic rings. The van der Waals surface area contributed by atoms with Gasteiger partial charge in [-0.15, -0.1) is 0 Å². The highest BCUT2D eigenvalue weighted by Gasteiger charge is 2.33. The lowest BCUT2D eigenvalue weighted by molar-refractivity contribution is -0.144. The Morgan fingerprint density at radius 1 is 1.30 bits per heavy atom. The first-order chi connectivity index (χ1) is 11.1. The highest BCUT2D eigenvalue weighted by atomic mass is 16.3. The molecule has 3 rings (SSSR count). The molecule has 0 saturated heterocycles. The molecule has 1 fully saturated rings. The number of anilines is 1. The summed E-state index contributed by atoms with van der Waals surface area (Å²) in [5, 5.41) is 10.5. The molecule has 1 amide bonds. The van der Waals surface area contributed by atoms with Gasteiger partial charge >= 0.3 is 0 Å². The molecule has 2 aliphatic rings. The summed E-state index contributed by atoms with van der Waals surface area (Å²) in [6.07, 6.45) is 6.84. The van der Waals surface area contributed by atoms with Crippen LogP contribution in [0.1, 0.15) is 43.4 Å². The van der Waals surface area contributed by atoms with Crippen molar-refractivity contribution in [1.29, 1.82) is 0 Å². The number of rotatable bonds is 3. The summed E-state index contributed by atoms with van der Waals surface area (Å²) < 4.78 is 0. The van der Waals surface area contributed by atoms with Crippen molar-refractivity contribution in [2.45, 2.75) is 51.2 Å². The number of aromatic nitrogens is 2. The summed E-state index contributed by atoms with van der Waals surface area (Å²) in [4.78, 5) is 25.1. The Morgan fingerprint density at radius 3 is 2.74 bits per heavy atom. The van der Waals surface area contributed by atoms with Crippen LogP contribution in [-0.4, -0.2) is 52.6 Å². The van der Waals surface area contributed by atoms with Crippen molar-refractivity contribution < 1.29 is 9.90 Å². The first kappa shape index (κ1) is 16.2. The smallest absolute Gasteiger partial charge is 0.252 e. The topological polar surface area (TPSA) is 69.6 Å². The number of aliphatic hydroxyl groups is 1. The van der Waals surface area contributed by atoms with Gasteiger partial charge in [-0.05, 0) is 18.8 Å². The van der Waals surface area contributed by atoms with Crippen LogP contribution < -0.4 is 4.90 Å². The molecule has 6 heteroatoms. The second kappa shape index (κ2) is 6.83. The van der Waals surface area contributed by atoms with E-state index in [-0.39, 0.29) is 11.8 Å². The molecule has 1 aliphatic carbocycles. The van der Waals surface area contributed by atoms with Gasteiger partial charge in [-0.1, -0.05) is 19.3 Å². The van der Waals surface area contributed by atoms with Crippen molar-refractivity contribution in [2.24, 2.45) is 5.92 Å². The van der Waals surface area contributed by atoms with Gasteiger partial charge < -0.3 is 14.9 Å². The Bertz CT molecular complexity index is 570. The van der Waals surface area contributed by atoms with Gasteiger partial charge in [0.1, 0.15) is 18.2 Å². The van der Waals surface area contributed by atoms with E-state index in [0.29, 0.717) is 13.1 Å². The minimum absolute atomic E-state index is 0.123. The average molecular weight is 318 g/mol. The van der Waals surface area contributed by atoms with Crippen LogP contribution in [0.2, 0.25) is 0 Å². The van der Waals surface area contributed by atoms with Crippen molar-refractivity contribution in [3.8, 4) is 0 Å². The Labute approximate surface area is 137 Å². The maximum absolute atomic E-state index is 12.7. The van der Waals surface area contributed by atoms with E-state index in [0.717, 1.165) is 49.2 Å². The summed E-state index contributed by atoms with van der Waals surface area (Å²) >= 11 is 0. The third-order valence-corrected chi connectivity index (χ3v) is 5.06. The fraction of sp³-hybridized carbons (Fsp3) is 0.706.